The van der Waals surface area contributed by atoms with Gasteiger partial charge in [0.05, 0.1) is 6.61 Å². The van der Waals surface area contributed by atoms with Gasteiger partial charge >= 0.3 is 18.0 Å². The molecule has 0 unspecified atom stereocenters. The fourth-order valence-electron chi connectivity index (χ4n) is 5.43. The lowest BCUT2D eigenvalue weighted by molar-refractivity contribution is -0.155. The Morgan fingerprint density at radius 2 is 1.48 bits per heavy atom. The average Bonchev–Trinajstić information content (AvgIpc) is 3.30. The van der Waals surface area contributed by atoms with Gasteiger partial charge in [-0.15, -0.1) is 0 Å². The van der Waals surface area contributed by atoms with Crippen LogP contribution in [0.15, 0.2) is 72.8 Å². The van der Waals surface area contributed by atoms with Crippen LogP contribution in [0.1, 0.15) is 81.9 Å². The van der Waals surface area contributed by atoms with Crippen molar-refractivity contribution < 1.29 is 33.7 Å². The number of nitrogens with one attached hydrogen (secondary N) is 1. The standard InChI is InChI=1S/C36H43NO7/c1-36(2,3)44-33(38)18-5-4-10-23-42-26-21-19-25(20-22-26)12-11-17-32(34(39)40)37-35(41)43-24-31-29-15-8-6-13-27(29)28-14-7-9-16-30(28)31/h6-9,13-16,19-22,31-32H,4-5,10-12,17-18,23-24H2,1-3H3,(H,37,41)(H,39,40)/t32-/m0/s1. The van der Waals surface area contributed by atoms with Gasteiger partial charge in [0.15, 0.2) is 0 Å². The number of benzene rings is 3. The van der Waals surface area contributed by atoms with Crippen LogP contribution in [-0.2, 0) is 25.5 Å². The largest absolute Gasteiger partial charge is 0.494 e. The van der Waals surface area contributed by atoms with Gasteiger partial charge in [-0.1, -0.05) is 60.7 Å². The van der Waals surface area contributed by atoms with Crippen molar-refractivity contribution in [2.75, 3.05) is 13.2 Å². The van der Waals surface area contributed by atoms with E-state index < -0.39 is 23.7 Å². The van der Waals surface area contributed by atoms with Crippen LogP contribution in [0.5, 0.6) is 5.75 Å². The SMILES string of the molecule is CC(C)(C)OC(=O)CCCCCOc1ccc(CCC[C@H](NC(=O)OCC2c3ccccc3-c3ccccc32)C(=O)O)cc1. The number of ether oxygens (including phenoxy) is 3. The monoisotopic (exact) mass is 601 g/mol. The molecule has 0 spiro atoms. The average molecular weight is 602 g/mol. The summed E-state index contributed by atoms with van der Waals surface area (Å²) >= 11 is 0. The number of carboxylic acids is 1. The Balaban J connectivity index is 1.14. The van der Waals surface area contributed by atoms with E-state index in [-0.39, 0.29) is 24.9 Å². The molecule has 8 nitrogen and oxygen atoms in total. The Kier molecular flexibility index (Phi) is 11.4. The van der Waals surface area contributed by atoms with E-state index in [0.717, 1.165) is 52.8 Å². The Morgan fingerprint density at radius 3 is 2.09 bits per heavy atom. The van der Waals surface area contributed by atoms with Crippen LogP contribution >= 0.6 is 0 Å². The molecule has 0 bridgehead atoms. The van der Waals surface area contributed by atoms with E-state index in [2.05, 4.69) is 17.4 Å². The lowest BCUT2D eigenvalue weighted by Gasteiger charge is -2.19. The zero-order valence-corrected chi connectivity index (χ0v) is 25.8. The van der Waals surface area contributed by atoms with Gasteiger partial charge in [-0.3, -0.25) is 4.79 Å². The molecule has 0 fully saturated rings. The number of carboxylic acid groups (broad SMARTS) is 1. The molecule has 0 aliphatic heterocycles. The van der Waals surface area contributed by atoms with E-state index in [4.69, 9.17) is 14.2 Å². The van der Waals surface area contributed by atoms with E-state index >= 15 is 0 Å². The van der Waals surface area contributed by atoms with Gasteiger partial charge in [0, 0.05) is 12.3 Å². The number of aliphatic carboxylic acids is 1. The number of esters is 1. The molecule has 0 saturated carbocycles. The molecule has 1 atom stereocenters. The summed E-state index contributed by atoms with van der Waals surface area (Å²) < 4.78 is 16.7. The highest BCUT2D eigenvalue weighted by atomic mass is 16.6. The molecule has 1 amide bonds. The van der Waals surface area contributed by atoms with Crippen LogP contribution in [0.3, 0.4) is 0 Å². The van der Waals surface area contributed by atoms with Crippen molar-refractivity contribution in [2.45, 2.75) is 83.3 Å². The second kappa shape index (κ2) is 15.4. The molecule has 4 rings (SSSR count). The molecule has 44 heavy (non-hydrogen) atoms. The smallest absolute Gasteiger partial charge is 0.407 e. The third-order valence-electron chi connectivity index (χ3n) is 7.53. The van der Waals surface area contributed by atoms with Crippen molar-refractivity contribution in [3.8, 4) is 16.9 Å². The molecule has 0 heterocycles. The van der Waals surface area contributed by atoms with Gasteiger partial charge in [0.25, 0.3) is 0 Å². The van der Waals surface area contributed by atoms with Crippen molar-refractivity contribution in [1.82, 2.24) is 5.32 Å². The van der Waals surface area contributed by atoms with E-state index in [1.165, 1.54) is 0 Å². The Labute approximate surface area is 259 Å². The lowest BCUT2D eigenvalue weighted by atomic mass is 9.98. The van der Waals surface area contributed by atoms with Crippen LogP contribution in [0.25, 0.3) is 11.1 Å². The molecule has 0 radical (unpaired) electrons. The minimum absolute atomic E-state index is 0.0902. The third-order valence-corrected chi connectivity index (χ3v) is 7.53. The second-order valence-corrected chi connectivity index (χ2v) is 12.1. The van der Waals surface area contributed by atoms with Gasteiger partial charge in [0.1, 0.15) is 24.0 Å². The van der Waals surface area contributed by atoms with Gasteiger partial charge < -0.3 is 24.6 Å². The summed E-state index contributed by atoms with van der Waals surface area (Å²) in [5.74, 6) is -0.584. The first kappa shape index (κ1) is 32.6. The normalized spacial score (nSPS) is 13.0. The predicted octanol–water partition coefficient (Wildman–Crippen LogP) is 7.28. The molecule has 8 heteroatoms. The van der Waals surface area contributed by atoms with Gasteiger partial charge in [-0.25, -0.2) is 9.59 Å². The number of hydrogen-bond donors (Lipinski definition) is 2. The Morgan fingerprint density at radius 1 is 0.841 bits per heavy atom. The summed E-state index contributed by atoms with van der Waals surface area (Å²) in [6.07, 6.45) is 3.70. The number of fused-ring (bicyclic) bond motifs is 3. The van der Waals surface area contributed by atoms with Crippen LogP contribution in [0.2, 0.25) is 0 Å². The number of aryl methyl sites for hydroxylation is 1. The molecular weight excluding hydrogens is 558 g/mol. The first-order chi connectivity index (χ1) is 21.1. The van der Waals surface area contributed by atoms with Gasteiger partial charge in [-0.2, -0.15) is 0 Å². The maximum atomic E-state index is 12.6. The van der Waals surface area contributed by atoms with Crippen molar-refractivity contribution >= 4 is 18.0 Å². The van der Waals surface area contributed by atoms with Crippen molar-refractivity contribution in [1.29, 1.82) is 0 Å². The fraction of sp³-hybridized carbons (Fsp3) is 0.417. The highest BCUT2D eigenvalue weighted by Gasteiger charge is 2.29. The maximum Gasteiger partial charge on any atom is 0.407 e. The number of unbranched alkanes of at least 4 members (excludes halogenated alkanes) is 2. The number of hydrogen-bond acceptors (Lipinski definition) is 6. The summed E-state index contributed by atoms with van der Waals surface area (Å²) in [6.45, 7) is 6.29. The van der Waals surface area contributed by atoms with Crippen LogP contribution in [0.4, 0.5) is 4.79 Å². The van der Waals surface area contributed by atoms with E-state index in [9.17, 15) is 19.5 Å². The Bertz CT molecular complexity index is 1360. The molecule has 0 saturated heterocycles. The summed E-state index contributed by atoms with van der Waals surface area (Å²) in [4.78, 5) is 36.2. The zero-order chi connectivity index (χ0) is 31.5. The van der Waals surface area contributed by atoms with Crippen LogP contribution < -0.4 is 10.1 Å². The lowest BCUT2D eigenvalue weighted by Crippen LogP contribution is -2.41. The molecule has 234 valence electrons. The van der Waals surface area contributed by atoms with Gasteiger partial charge in [-0.05, 0) is 99.2 Å². The summed E-state index contributed by atoms with van der Waals surface area (Å²) in [7, 11) is 0. The van der Waals surface area contributed by atoms with Crippen molar-refractivity contribution in [3.05, 3.63) is 89.5 Å². The van der Waals surface area contributed by atoms with Gasteiger partial charge in [0.2, 0.25) is 0 Å². The quantitative estimate of drug-likeness (QED) is 0.139. The summed E-state index contributed by atoms with van der Waals surface area (Å²) in [6, 6.07) is 22.8. The Hall–Kier alpha value is -4.33. The minimum Gasteiger partial charge on any atom is -0.494 e. The highest BCUT2D eigenvalue weighted by Crippen LogP contribution is 2.44. The number of amides is 1. The van der Waals surface area contributed by atoms with E-state index in [1.807, 2.05) is 81.4 Å². The maximum absolute atomic E-state index is 12.6. The molecule has 1 aliphatic carbocycles. The third kappa shape index (κ3) is 9.59. The fourth-order valence-corrected chi connectivity index (χ4v) is 5.43. The molecule has 3 aromatic carbocycles. The predicted molar refractivity (Wildman–Crippen MR) is 169 cm³/mol. The van der Waals surface area contributed by atoms with Crippen molar-refractivity contribution in [3.63, 3.8) is 0 Å². The minimum atomic E-state index is -1.09. The topological polar surface area (TPSA) is 111 Å². The van der Waals surface area contributed by atoms with Crippen LogP contribution in [0, 0.1) is 0 Å². The molecule has 0 aromatic heterocycles. The first-order valence-corrected chi connectivity index (χ1v) is 15.4. The summed E-state index contributed by atoms with van der Waals surface area (Å²) in [5.41, 5.74) is 5.07. The highest BCUT2D eigenvalue weighted by molar-refractivity contribution is 5.81. The molecular formula is C36H43NO7. The number of carbonyl (C=O) groups excluding carboxylic acids is 2. The van der Waals surface area contributed by atoms with E-state index in [0.29, 0.717) is 25.9 Å². The molecule has 3 aromatic rings. The molecule has 1 aliphatic rings. The number of rotatable bonds is 15. The zero-order valence-electron chi connectivity index (χ0n) is 25.8. The summed E-state index contributed by atoms with van der Waals surface area (Å²) in [5, 5.41) is 12.2. The number of alkyl carbamates (subject to hydrolysis) is 1. The second-order valence-electron chi connectivity index (χ2n) is 12.1. The van der Waals surface area contributed by atoms with Crippen molar-refractivity contribution in [2.24, 2.45) is 0 Å². The van der Waals surface area contributed by atoms with E-state index in [1.54, 1.807) is 0 Å². The van der Waals surface area contributed by atoms with Crippen LogP contribution in [-0.4, -0.2) is 48.0 Å². The molecule has 2 N–H and O–H groups in total. The first-order valence-electron chi connectivity index (χ1n) is 15.4. The number of carbonyl (C=O) groups is 3.